The lowest BCUT2D eigenvalue weighted by atomic mass is 10.3. The SMILES string of the molecule is Clc1ccc2sc(CCNC3=NCCCN3)nc2c1.I. The fourth-order valence-corrected chi connectivity index (χ4v) is 3.11. The number of fused-ring (bicyclic) bond motifs is 1. The van der Waals surface area contributed by atoms with Crippen LogP contribution in [0, 0.1) is 0 Å². The lowest BCUT2D eigenvalue weighted by Crippen LogP contribution is -2.41. The Kier molecular flexibility index (Phi) is 5.86. The molecular formula is C13H16ClIN4S. The first-order chi connectivity index (χ1) is 9.31. The highest BCUT2D eigenvalue weighted by Gasteiger charge is 2.06. The second-order valence-electron chi connectivity index (χ2n) is 4.41. The fraction of sp³-hybridized carbons (Fsp3) is 0.385. The molecular weight excluding hydrogens is 407 g/mol. The van der Waals surface area contributed by atoms with Crippen molar-refractivity contribution in [2.24, 2.45) is 4.99 Å². The number of aromatic nitrogens is 1. The van der Waals surface area contributed by atoms with Crippen molar-refractivity contribution in [1.29, 1.82) is 0 Å². The van der Waals surface area contributed by atoms with Crippen molar-refractivity contribution in [2.75, 3.05) is 19.6 Å². The van der Waals surface area contributed by atoms with Crippen molar-refractivity contribution in [1.82, 2.24) is 15.6 Å². The molecule has 1 aromatic carbocycles. The van der Waals surface area contributed by atoms with Gasteiger partial charge in [0, 0.05) is 31.1 Å². The van der Waals surface area contributed by atoms with E-state index in [-0.39, 0.29) is 24.0 Å². The Morgan fingerprint density at radius 1 is 1.40 bits per heavy atom. The summed E-state index contributed by atoms with van der Waals surface area (Å²) in [5, 5.41) is 8.41. The molecule has 2 aromatic rings. The van der Waals surface area contributed by atoms with Gasteiger partial charge in [0.15, 0.2) is 5.96 Å². The van der Waals surface area contributed by atoms with Crippen LogP contribution in [-0.2, 0) is 6.42 Å². The van der Waals surface area contributed by atoms with Crippen LogP contribution in [0.1, 0.15) is 11.4 Å². The Hall–Kier alpha value is -0.600. The first-order valence-corrected chi connectivity index (χ1v) is 7.58. The van der Waals surface area contributed by atoms with Gasteiger partial charge in [-0.2, -0.15) is 0 Å². The largest absolute Gasteiger partial charge is 0.356 e. The minimum Gasteiger partial charge on any atom is -0.356 e. The summed E-state index contributed by atoms with van der Waals surface area (Å²) in [6.45, 7) is 2.76. The van der Waals surface area contributed by atoms with Crippen molar-refractivity contribution in [3.8, 4) is 0 Å². The van der Waals surface area contributed by atoms with E-state index in [2.05, 4.69) is 20.6 Å². The summed E-state index contributed by atoms with van der Waals surface area (Å²) < 4.78 is 1.19. The van der Waals surface area contributed by atoms with Gasteiger partial charge in [-0.25, -0.2) is 4.98 Å². The molecule has 4 nitrogen and oxygen atoms in total. The highest BCUT2D eigenvalue weighted by atomic mass is 127. The smallest absolute Gasteiger partial charge is 0.191 e. The molecule has 0 bridgehead atoms. The molecule has 2 N–H and O–H groups in total. The minimum absolute atomic E-state index is 0. The molecule has 3 rings (SSSR count). The first kappa shape index (κ1) is 15.8. The van der Waals surface area contributed by atoms with E-state index in [1.165, 1.54) is 4.70 Å². The number of rotatable bonds is 3. The lowest BCUT2D eigenvalue weighted by molar-refractivity contribution is 0.700. The summed E-state index contributed by atoms with van der Waals surface area (Å²) >= 11 is 7.68. The predicted octanol–water partition coefficient (Wildman–Crippen LogP) is 3.05. The van der Waals surface area contributed by atoms with E-state index in [4.69, 9.17) is 11.6 Å². The average molecular weight is 423 g/mol. The molecule has 108 valence electrons. The summed E-state index contributed by atoms with van der Waals surface area (Å²) in [5.41, 5.74) is 0.987. The Labute approximate surface area is 144 Å². The monoisotopic (exact) mass is 422 g/mol. The Balaban J connectivity index is 0.00000147. The normalized spacial score (nSPS) is 14.3. The zero-order chi connectivity index (χ0) is 13.1. The summed E-state index contributed by atoms with van der Waals surface area (Å²) in [5.74, 6) is 0.912. The van der Waals surface area contributed by atoms with Gasteiger partial charge in [0.25, 0.3) is 0 Å². The molecule has 0 amide bonds. The van der Waals surface area contributed by atoms with Gasteiger partial charge in [-0.15, -0.1) is 35.3 Å². The van der Waals surface area contributed by atoms with Crippen molar-refractivity contribution >= 4 is 63.1 Å². The van der Waals surface area contributed by atoms with Crippen LogP contribution < -0.4 is 10.6 Å². The second-order valence-corrected chi connectivity index (χ2v) is 5.96. The van der Waals surface area contributed by atoms with Crippen LogP contribution >= 0.6 is 46.9 Å². The molecule has 0 aliphatic carbocycles. The third kappa shape index (κ3) is 3.95. The number of guanidine groups is 1. The maximum absolute atomic E-state index is 5.96. The third-order valence-corrected chi connectivity index (χ3v) is 4.25. The van der Waals surface area contributed by atoms with Crippen LogP contribution in [0.3, 0.4) is 0 Å². The minimum atomic E-state index is 0. The number of hydrogen-bond acceptors (Lipinski definition) is 5. The summed E-state index contributed by atoms with van der Waals surface area (Å²) in [6, 6.07) is 5.85. The highest BCUT2D eigenvalue weighted by molar-refractivity contribution is 14.0. The molecule has 1 aliphatic rings. The summed E-state index contributed by atoms with van der Waals surface area (Å²) in [6.07, 6.45) is 2.02. The number of nitrogens with one attached hydrogen (secondary N) is 2. The molecule has 20 heavy (non-hydrogen) atoms. The van der Waals surface area contributed by atoms with Crippen LogP contribution in [0.2, 0.25) is 5.02 Å². The van der Waals surface area contributed by atoms with E-state index < -0.39 is 0 Å². The maximum Gasteiger partial charge on any atom is 0.191 e. The van der Waals surface area contributed by atoms with Gasteiger partial charge >= 0.3 is 0 Å². The van der Waals surface area contributed by atoms with E-state index >= 15 is 0 Å². The van der Waals surface area contributed by atoms with Gasteiger partial charge in [0.2, 0.25) is 0 Å². The fourth-order valence-electron chi connectivity index (χ4n) is 1.99. The Morgan fingerprint density at radius 2 is 2.30 bits per heavy atom. The van der Waals surface area contributed by atoms with Crippen molar-refractivity contribution in [3.63, 3.8) is 0 Å². The topological polar surface area (TPSA) is 49.3 Å². The van der Waals surface area contributed by atoms with E-state index in [1.807, 2.05) is 18.2 Å². The second kappa shape index (κ2) is 7.42. The molecule has 7 heteroatoms. The number of benzene rings is 1. The molecule has 0 spiro atoms. The quantitative estimate of drug-likeness (QED) is 0.748. The molecule has 0 saturated heterocycles. The zero-order valence-electron chi connectivity index (χ0n) is 10.9. The van der Waals surface area contributed by atoms with Gasteiger partial charge in [-0.05, 0) is 24.6 Å². The van der Waals surface area contributed by atoms with Gasteiger partial charge in [0.05, 0.1) is 15.2 Å². The number of aliphatic imine (C=N–C) groups is 1. The molecule has 1 aromatic heterocycles. The number of hydrogen-bond donors (Lipinski definition) is 2. The van der Waals surface area contributed by atoms with Crippen LogP contribution in [0.15, 0.2) is 23.2 Å². The van der Waals surface area contributed by atoms with E-state index in [0.717, 1.165) is 54.0 Å². The molecule has 2 heterocycles. The van der Waals surface area contributed by atoms with Gasteiger partial charge in [0.1, 0.15) is 0 Å². The summed E-state index contributed by atoms with van der Waals surface area (Å²) in [4.78, 5) is 8.96. The molecule has 0 fully saturated rings. The molecule has 0 atom stereocenters. The Bertz CT molecular complexity index is 613. The average Bonchev–Trinajstić information content (AvgIpc) is 2.82. The number of nitrogens with zero attached hydrogens (tertiary/aromatic N) is 2. The van der Waals surface area contributed by atoms with Crippen molar-refractivity contribution in [2.45, 2.75) is 12.8 Å². The Morgan fingerprint density at radius 3 is 3.10 bits per heavy atom. The number of halogens is 2. The molecule has 0 unspecified atom stereocenters. The third-order valence-electron chi connectivity index (χ3n) is 2.92. The van der Waals surface area contributed by atoms with E-state index in [9.17, 15) is 0 Å². The van der Waals surface area contributed by atoms with Crippen molar-refractivity contribution in [3.05, 3.63) is 28.2 Å². The number of thiazole rings is 1. The molecule has 0 radical (unpaired) electrons. The van der Waals surface area contributed by atoms with Gasteiger partial charge in [-0.3, -0.25) is 4.99 Å². The summed E-state index contributed by atoms with van der Waals surface area (Å²) in [7, 11) is 0. The van der Waals surface area contributed by atoms with Crippen LogP contribution in [0.5, 0.6) is 0 Å². The predicted molar refractivity (Wildman–Crippen MR) is 96.7 cm³/mol. The maximum atomic E-state index is 5.96. The zero-order valence-corrected chi connectivity index (χ0v) is 14.8. The lowest BCUT2D eigenvalue weighted by Gasteiger charge is -2.15. The standard InChI is InChI=1S/C13H15ClN4S.HI/c14-9-2-3-11-10(8-9)18-12(19-11)4-7-17-13-15-5-1-6-16-13;/h2-3,8H,1,4-7H2,(H2,15,16,17);1H. The van der Waals surface area contributed by atoms with Crippen molar-refractivity contribution < 1.29 is 0 Å². The molecule has 1 aliphatic heterocycles. The van der Waals surface area contributed by atoms with E-state index in [1.54, 1.807) is 11.3 Å². The first-order valence-electron chi connectivity index (χ1n) is 6.38. The van der Waals surface area contributed by atoms with Crippen LogP contribution in [-0.4, -0.2) is 30.6 Å². The van der Waals surface area contributed by atoms with Gasteiger partial charge in [-0.1, -0.05) is 11.6 Å². The van der Waals surface area contributed by atoms with E-state index in [0.29, 0.717) is 0 Å². The van der Waals surface area contributed by atoms with Crippen LogP contribution in [0.25, 0.3) is 10.2 Å². The van der Waals surface area contributed by atoms with Crippen LogP contribution in [0.4, 0.5) is 0 Å². The van der Waals surface area contributed by atoms with Gasteiger partial charge < -0.3 is 10.6 Å². The highest BCUT2D eigenvalue weighted by Crippen LogP contribution is 2.24. The molecule has 0 saturated carbocycles.